The fraction of sp³-hybridized carbons (Fsp3) is 0.647. The van der Waals surface area contributed by atoms with Gasteiger partial charge in [0.15, 0.2) is 0 Å². The minimum atomic E-state index is 0.165. The van der Waals surface area contributed by atoms with Gasteiger partial charge in [0, 0.05) is 48.7 Å². The van der Waals surface area contributed by atoms with Crippen LogP contribution in [0.5, 0.6) is 5.75 Å². The standard InChI is InChI=1S/C17H26N2OS/c1-17(2)13-18(15-7-10-21-12-15)8-9-19(17)14-5-4-6-16(11-14)20-3/h4-6,11,15H,7-10,12-13H2,1-3H3/t15-/m1/s1. The monoisotopic (exact) mass is 306 g/mol. The van der Waals surface area contributed by atoms with Gasteiger partial charge in [-0.3, -0.25) is 4.90 Å². The lowest BCUT2D eigenvalue weighted by molar-refractivity contribution is 0.142. The Morgan fingerprint density at radius 1 is 1.29 bits per heavy atom. The second kappa shape index (κ2) is 6.09. The van der Waals surface area contributed by atoms with E-state index in [0.717, 1.165) is 24.9 Å². The predicted molar refractivity (Wildman–Crippen MR) is 91.7 cm³/mol. The van der Waals surface area contributed by atoms with Crippen LogP contribution in [0.2, 0.25) is 0 Å². The summed E-state index contributed by atoms with van der Waals surface area (Å²) in [4.78, 5) is 5.24. The van der Waals surface area contributed by atoms with E-state index in [0.29, 0.717) is 0 Å². The quantitative estimate of drug-likeness (QED) is 0.852. The molecule has 3 nitrogen and oxygen atoms in total. The zero-order valence-electron chi connectivity index (χ0n) is 13.3. The molecule has 0 saturated carbocycles. The highest BCUT2D eigenvalue weighted by molar-refractivity contribution is 7.99. The van der Waals surface area contributed by atoms with Crippen molar-refractivity contribution in [2.45, 2.75) is 31.8 Å². The average molecular weight is 306 g/mol. The third-order valence-electron chi connectivity index (χ3n) is 4.72. The maximum atomic E-state index is 5.38. The summed E-state index contributed by atoms with van der Waals surface area (Å²) in [5.74, 6) is 3.59. The molecule has 2 heterocycles. The van der Waals surface area contributed by atoms with Crippen LogP contribution in [0, 0.1) is 0 Å². The van der Waals surface area contributed by atoms with Gasteiger partial charge in [-0.1, -0.05) is 6.07 Å². The first kappa shape index (κ1) is 15.0. The number of hydrogen-bond donors (Lipinski definition) is 0. The predicted octanol–water partition coefficient (Wildman–Crippen LogP) is 3.10. The van der Waals surface area contributed by atoms with Crippen molar-refractivity contribution in [2.75, 3.05) is 43.1 Å². The van der Waals surface area contributed by atoms with E-state index < -0.39 is 0 Å². The van der Waals surface area contributed by atoms with Crippen LogP contribution in [0.4, 0.5) is 5.69 Å². The first-order valence-electron chi connectivity index (χ1n) is 7.84. The second-order valence-corrected chi connectivity index (χ2v) is 7.80. The molecule has 1 aromatic carbocycles. The summed E-state index contributed by atoms with van der Waals surface area (Å²) in [6.45, 7) is 8.14. The van der Waals surface area contributed by atoms with Gasteiger partial charge in [0.05, 0.1) is 7.11 Å². The molecule has 2 aliphatic rings. The maximum absolute atomic E-state index is 5.38. The lowest BCUT2D eigenvalue weighted by Crippen LogP contribution is -2.61. The highest BCUT2D eigenvalue weighted by Gasteiger charge is 2.37. The van der Waals surface area contributed by atoms with Crippen LogP contribution >= 0.6 is 11.8 Å². The van der Waals surface area contributed by atoms with Crippen LogP contribution in [-0.4, -0.2) is 54.7 Å². The van der Waals surface area contributed by atoms with Gasteiger partial charge in [0.1, 0.15) is 5.75 Å². The fourth-order valence-corrected chi connectivity index (χ4v) is 4.83. The van der Waals surface area contributed by atoms with Crippen LogP contribution in [0.3, 0.4) is 0 Å². The zero-order chi connectivity index (χ0) is 14.9. The molecule has 0 radical (unpaired) electrons. The molecular formula is C17H26N2OS. The van der Waals surface area contributed by atoms with Gasteiger partial charge in [-0.2, -0.15) is 11.8 Å². The molecule has 1 atom stereocenters. The summed E-state index contributed by atoms with van der Waals surface area (Å²) < 4.78 is 5.38. The van der Waals surface area contributed by atoms with E-state index in [2.05, 4.69) is 53.6 Å². The van der Waals surface area contributed by atoms with Gasteiger partial charge < -0.3 is 9.64 Å². The molecule has 0 N–H and O–H groups in total. The van der Waals surface area contributed by atoms with Crippen LogP contribution < -0.4 is 9.64 Å². The van der Waals surface area contributed by atoms with Crippen molar-refractivity contribution in [1.29, 1.82) is 0 Å². The highest BCUT2D eigenvalue weighted by atomic mass is 32.2. The summed E-state index contributed by atoms with van der Waals surface area (Å²) >= 11 is 2.11. The molecule has 2 aliphatic heterocycles. The van der Waals surface area contributed by atoms with E-state index >= 15 is 0 Å². The van der Waals surface area contributed by atoms with Crippen LogP contribution in [0.25, 0.3) is 0 Å². The van der Waals surface area contributed by atoms with E-state index in [4.69, 9.17) is 4.74 Å². The second-order valence-electron chi connectivity index (χ2n) is 6.65. The Morgan fingerprint density at radius 3 is 2.81 bits per heavy atom. The zero-order valence-corrected chi connectivity index (χ0v) is 14.2. The summed E-state index contributed by atoms with van der Waals surface area (Å²) in [5.41, 5.74) is 1.44. The van der Waals surface area contributed by atoms with E-state index in [1.54, 1.807) is 7.11 Å². The lowest BCUT2D eigenvalue weighted by Gasteiger charge is -2.50. The molecule has 0 aliphatic carbocycles. The SMILES string of the molecule is COc1cccc(N2CCN([C@@H]3CCSC3)CC2(C)C)c1. The molecule has 1 aromatic rings. The number of anilines is 1. The number of piperazine rings is 1. The topological polar surface area (TPSA) is 15.7 Å². The van der Waals surface area contributed by atoms with Gasteiger partial charge in [-0.25, -0.2) is 0 Å². The summed E-state index contributed by atoms with van der Waals surface area (Å²) in [5, 5.41) is 0. The molecular weight excluding hydrogens is 280 g/mol. The molecule has 0 unspecified atom stereocenters. The third kappa shape index (κ3) is 3.16. The number of hydrogen-bond acceptors (Lipinski definition) is 4. The summed E-state index contributed by atoms with van der Waals surface area (Å²) in [6.07, 6.45) is 1.36. The van der Waals surface area contributed by atoms with Crippen molar-refractivity contribution < 1.29 is 4.74 Å². The minimum absolute atomic E-state index is 0.165. The van der Waals surface area contributed by atoms with Crippen molar-refractivity contribution >= 4 is 17.4 Å². The third-order valence-corrected chi connectivity index (χ3v) is 5.86. The van der Waals surface area contributed by atoms with Crippen LogP contribution in [-0.2, 0) is 0 Å². The van der Waals surface area contributed by atoms with Gasteiger partial charge >= 0.3 is 0 Å². The molecule has 3 rings (SSSR count). The maximum Gasteiger partial charge on any atom is 0.120 e. The Kier molecular flexibility index (Phi) is 4.36. The number of rotatable bonds is 3. The van der Waals surface area contributed by atoms with E-state index in [1.807, 2.05) is 6.07 Å². The Hall–Kier alpha value is -0.870. The van der Waals surface area contributed by atoms with Crippen molar-refractivity contribution in [2.24, 2.45) is 0 Å². The van der Waals surface area contributed by atoms with E-state index in [-0.39, 0.29) is 5.54 Å². The smallest absolute Gasteiger partial charge is 0.120 e. The molecule has 21 heavy (non-hydrogen) atoms. The van der Waals surface area contributed by atoms with Gasteiger partial charge in [-0.15, -0.1) is 0 Å². The number of methoxy groups -OCH3 is 1. The van der Waals surface area contributed by atoms with E-state index in [9.17, 15) is 0 Å². The van der Waals surface area contributed by atoms with Crippen molar-refractivity contribution in [3.8, 4) is 5.75 Å². The molecule has 0 spiro atoms. The largest absolute Gasteiger partial charge is 0.497 e. The summed E-state index contributed by atoms with van der Waals surface area (Å²) in [7, 11) is 1.74. The lowest BCUT2D eigenvalue weighted by atomic mass is 9.96. The molecule has 0 aromatic heterocycles. The Balaban J connectivity index is 1.75. The van der Waals surface area contributed by atoms with Gasteiger partial charge in [-0.05, 0) is 38.2 Å². The Morgan fingerprint density at radius 2 is 2.14 bits per heavy atom. The number of nitrogens with zero attached hydrogens (tertiary/aromatic N) is 2. The van der Waals surface area contributed by atoms with Gasteiger partial charge in [0.2, 0.25) is 0 Å². The number of ether oxygens (including phenoxy) is 1. The minimum Gasteiger partial charge on any atom is -0.497 e. The molecule has 4 heteroatoms. The molecule has 2 fully saturated rings. The first-order chi connectivity index (χ1) is 10.1. The van der Waals surface area contributed by atoms with Crippen molar-refractivity contribution in [3.05, 3.63) is 24.3 Å². The average Bonchev–Trinajstić information content (AvgIpc) is 3.00. The van der Waals surface area contributed by atoms with Crippen molar-refractivity contribution in [3.63, 3.8) is 0 Å². The van der Waals surface area contributed by atoms with Gasteiger partial charge in [0.25, 0.3) is 0 Å². The van der Waals surface area contributed by atoms with Crippen LogP contribution in [0.15, 0.2) is 24.3 Å². The molecule has 116 valence electrons. The first-order valence-corrected chi connectivity index (χ1v) is 8.99. The van der Waals surface area contributed by atoms with Crippen LogP contribution in [0.1, 0.15) is 20.3 Å². The highest BCUT2D eigenvalue weighted by Crippen LogP contribution is 2.33. The van der Waals surface area contributed by atoms with Crippen molar-refractivity contribution in [1.82, 2.24) is 4.90 Å². The number of benzene rings is 1. The summed E-state index contributed by atoms with van der Waals surface area (Å²) in [6, 6.07) is 9.25. The Labute approximate surface area is 132 Å². The molecule has 2 saturated heterocycles. The van der Waals surface area contributed by atoms with E-state index in [1.165, 1.54) is 30.2 Å². The number of thioether (sulfide) groups is 1. The fourth-order valence-electron chi connectivity index (χ4n) is 3.57. The molecule has 0 bridgehead atoms. The normalized spacial score (nSPS) is 26.0. The molecule has 0 amide bonds. The Bertz CT molecular complexity index is 485.